The van der Waals surface area contributed by atoms with E-state index in [1.54, 1.807) is 0 Å². The Balaban J connectivity index is 2.54. The first kappa shape index (κ1) is 9.66. The van der Waals surface area contributed by atoms with Crippen LogP contribution in [0.1, 0.15) is 6.92 Å². The molecule has 2 aliphatic rings. The number of aldehydes is 1. The first-order chi connectivity index (χ1) is 7.31. The third kappa shape index (κ3) is 1.96. The smallest absolute Gasteiger partial charge is 0.150 e. The second-order valence-electron chi connectivity index (χ2n) is 3.56. The van der Waals surface area contributed by atoms with E-state index in [0.29, 0.717) is 5.57 Å². The van der Waals surface area contributed by atoms with Crippen molar-refractivity contribution in [2.24, 2.45) is 0 Å². The number of carbonyl (C=O) groups excluding carboxylic acids is 1. The molecule has 0 aromatic heterocycles. The molecule has 0 spiro atoms. The summed E-state index contributed by atoms with van der Waals surface area (Å²) in [6, 6.07) is 0. The highest BCUT2D eigenvalue weighted by molar-refractivity contribution is 5.80. The Morgan fingerprint density at radius 2 is 1.87 bits per heavy atom. The van der Waals surface area contributed by atoms with E-state index in [1.807, 2.05) is 42.5 Å². The fourth-order valence-electron chi connectivity index (χ4n) is 1.68. The molecule has 0 bridgehead atoms. The Hall–Kier alpha value is -1.89. The molecule has 0 atom stereocenters. The van der Waals surface area contributed by atoms with Crippen molar-refractivity contribution in [3.63, 3.8) is 0 Å². The van der Waals surface area contributed by atoms with Crippen molar-refractivity contribution < 1.29 is 4.79 Å². The van der Waals surface area contributed by atoms with Crippen molar-refractivity contribution in [2.75, 3.05) is 0 Å². The van der Waals surface area contributed by atoms with Crippen LogP contribution in [-0.4, -0.2) is 6.29 Å². The van der Waals surface area contributed by atoms with Crippen molar-refractivity contribution in [2.45, 2.75) is 6.92 Å². The SMILES string of the molecule is CC1=CC=CC=C2C=C(C=O)C=CC=C12. The third-order valence-corrected chi connectivity index (χ3v) is 2.48. The predicted molar refractivity (Wildman–Crippen MR) is 62.4 cm³/mol. The lowest BCUT2D eigenvalue weighted by molar-refractivity contribution is -0.104. The number of allylic oxidation sites excluding steroid dienone is 12. The Bertz CT molecular complexity index is 466. The van der Waals surface area contributed by atoms with Crippen LogP contribution < -0.4 is 0 Å². The zero-order chi connectivity index (χ0) is 10.7. The van der Waals surface area contributed by atoms with Crippen molar-refractivity contribution in [1.29, 1.82) is 0 Å². The quantitative estimate of drug-likeness (QED) is 0.589. The van der Waals surface area contributed by atoms with Crippen molar-refractivity contribution >= 4 is 6.29 Å². The lowest BCUT2D eigenvalue weighted by atomic mass is 9.99. The van der Waals surface area contributed by atoms with Gasteiger partial charge in [0.05, 0.1) is 0 Å². The highest BCUT2D eigenvalue weighted by Crippen LogP contribution is 2.25. The Kier molecular flexibility index (Phi) is 2.64. The molecule has 0 aliphatic heterocycles. The van der Waals surface area contributed by atoms with Crippen molar-refractivity contribution in [3.05, 3.63) is 70.9 Å². The molecule has 1 nitrogen and oxygen atoms in total. The van der Waals surface area contributed by atoms with Crippen LogP contribution in [0.2, 0.25) is 0 Å². The van der Waals surface area contributed by atoms with Gasteiger partial charge in [0.2, 0.25) is 0 Å². The molecule has 74 valence electrons. The lowest BCUT2D eigenvalue weighted by Gasteiger charge is -2.06. The molecular formula is C14H12O. The van der Waals surface area contributed by atoms with Gasteiger partial charge in [-0.1, -0.05) is 42.5 Å². The zero-order valence-corrected chi connectivity index (χ0v) is 8.60. The molecule has 0 radical (unpaired) electrons. The van der Waals surface area contributed by atoms with Crippen LogP contribution in [-0.2, 0) is 4.79 Å². The van der Waals surface area contributed by atoms with Gasteiger partial charge >= 0.3 is 0 Å². The van der Waals surface area contributed by atoms with E-state index >= 15 is 0 Å². The van der Waals surface area contributed by atoms with E-state index in [1.165, 1.54) is 11.1 Å². The predicted octanol–water partition coefficient (Wildman–Crippen LogP) is 3.05. The number of hydrogen-bond acceptors (Lipinski definition) is 1. The van der Waals surface area contributed by atoms with E-state index in [2.05, 4.69) is 13.0 Å². The van der Waals surface area contributed by atoms with Gasteiger partial charge in [-0.15, -0.1) is 0 Å². The summed E-state index contributed by atoms with van der Waals surface area (Å²) in [5.74, 6) is 0. The normalized spacial score (nSPS) is 19.0. The van der Waals surface area contributed by atoms with Crippen LogP contribution in [0.5, 0.6) is 0 Å². The number of rotatable bonds is 1. The first-order valence-electron chi connectivity index (χ1n) is 4.92. The van der Waals surface area contributed by atoms with Crippen molar-refractivity contribution in [1.82, 2.24) is 0 Å². The average Bonchev–Trinajstić information content (AvgIpc) is 2.53. The fourth-order valence-corrected chi connectivity index (χ4v) is 1.68. The van der Waals surface area contributed by atoms with Gasteiger partial charge in [-0.3, -0.25) is 4.79 Å². The number of fused-ring (bicyclic) bond motifs is 1. The molecule has 1 heteroatoms. The Morgan fingerprint density at radius 3 is 2.67 bits per heavy atom. The summed E-state index contributed by atoms with van der Waals surface area (Å²) < 4.78 is 0. The average molecular weight is 196 g/mol. The molecule has 2 rings (SSSR count). The monoisotopic (exact) mass is 196 g/mol. The van der Waals surface area contributed by atoms with Crippen molar-refractivity contribution in [3.8, 4) is 0 Å². The molecule has 0 aromatic carbocycles. The maximum absolute atomic E-state index is 10.8. The maximum atomic E-state index is 10.8. The highest BCUT2D eigenvalue weighted by Gasteiger charge is 2.08. The van der Waals surface area contributed by atoms with Gasteiger partial charge in [0.15, 0.2) is 0 Å². The molecule has 0 amide bonds. The van der Waals surface area contributed by atoms with Gasteiger partial charge in [-0.2, -0.15) is 0 Å². The third-order valence-electron chi connectivity index (χ3n) is 2.48. The van der Waals surface area contributed by atoms with E-state index < -0.39 is 0 Å². The maximum Gasteiger partial charge on any atom is 0.150 e. The summed E-state index contributed by atoms with van der Waals surface area (Å²) in [6.45, 7) is 2.07. The molecule has 2 aliphatic carbocycles. The highest BCUT2D eigenvalue weighted by atomic mass is 16.1. The largest absolute Gasteiger partial charge is 0.298 e. The number of hydrogen-bond donors (Lipinski definition) is 0. The van der Waals surface area contributed by atoms with Gasteiger partial charge in [0.25, 0.3) is 0 Å². The topological polar surface area (TPSA) is 17.1 Å². The second kappa shape index (κ2) is 4.09. The zero-order valence-electron chi connectivity index (χ0n) is 8.60. The van der Waals surface area contributed by atoms with Gasteiger partial charge in [-0.05, 0) is 29.7 Å². The minimum atomic E-state index is 0.704. The van der Waals surface area contributed by atoms with Crippen LogP contribution >= 0.6 is 0 Å². The van der Waals surface area contributed by atoms with E-state index in [9.17, 15) is 4.79 Å². The van der Waals surface area contributed by atoms with Gasteiger partial charge < -0.3 is 0 Å². The molecule has 0 unspecified atom stereocenters. The lowest BCUT2D eigenvalue weighted by Crippen LogP contribution is -1.88. The summed E-state index contributed by atoms with van der Waals surface area (Å²) in [7, 11) is 0. The molecule has 0 saturated carbocycles. The van der Waals surface area contributed by atoms with E-state index in [4.69, 9.17) is 0 Å². The molecule has 0 heterocycles. The molecule has 0 fully saturated rings. The Labute approximate surface area is 89.5 Å². The van der Waals surface area contributed by atoms with Crippen LogP contribution in [0.4, 0.5) is 0 Å². The second-order valence-corrected chi connectivity index (χ2v) is 3.56. The van der Waals surface area contributed by atoms with Crippen LogP contribution in [0, 0.1) is 0 Å². The molecule has 0 N–H and O–H groups in total. The standard InChI is InChI=1S/C14H12O/c1-11-5-2-3-7-13-9-12(10-15)6-4-8-14(11)13/h2-10H,1H3. The summed E-state index contributed by atoms with van der Waals surface area (Å²) in [5, 5.41) is 0. The van der Waals surface area contributed by atoms with Gasteiger partial charge in [0, 0.05) is 5.57 Å². The Morgan fingerprint density at radius 1 is 1.07 bits per heavy atom. The summed E-state index contributed by atoms with van der Waals surface area (Å²) >= 11 is 0. The van der Waals surface area contributed by atoms with Crippen LogP contribution in [0.25, 0.3) is 0 Å². The van der Waals surface area contributed by atoms with Gasteiger partial charge in [-0.25, -0.2) is 0 Å². The van der Waals surface area contributed by atoms with Crippen LogP contribution in [0.3, 0.4) is 0 Å². The fraction of sp³-hybridized carbons (Fsp3) is 0.0714. The minimum Gasteiger partial charge on any atom is -0.298 e. The molecule has 0 aromatic rings. The first-order valence-corrected chi connectivity index (χ1v) is 4.92. The minimum absolute atomic E-state index is 0.704. The molecule has 15 heavy (non-hydrogen) atoms. The van der Waals surface area contributed by atoms with E-state index in [-0.39, 0.29) is 0 Å². The molecular weight excluding hydrogens is 184 g/mol. The van der Waals surface area contributed by atoms with Gasteiger partial charge in [0.1, 0.15) is 6.29 Å². The number of carbonyl (C=O) groups is 1. The molecule has 0 saturated heterocycles. The van der Waals surface area contributed by atoms with E-state index in [0.717, 1.165) is 11.9 Å². The van der Waals surface area contributed by atoms with Crippen LogP contribution in [0.15, 0.2) is 70.9 Å². The summed E-state index contributed by atoms with van der Waals surface area (Å²) in [5.41, 5.74) is 4.18. The summed E-state index contributed by atoms with van der Waals surface area (Å²) in [4.78, 5) is 10.8. The summed E-state index contributed by atoms with van der Waals surface area (Å²) in [6.07, 6.45) is 16.7.